The highest BCUT2D eigenvalue weighted by atomic mass is 79.9. The van der Waals surface area contributed by atoms with Gasteiger partial charge in [0.05, 0.1) is 17.6 Å². The van der Waals surface area contributed by atoms with E-state index in [1.807, 2.05) is 30.3 Å². The van der Waals surface area contributed by atoms with Gasteiger partial charge < -0.3 is 5.11 Å². The van der Waals surface area contributed by atoms with Gasteiger partial charge in [-0.15, -0.1) is 5.10 Å². The van der Waals surface area contributed by atoms with Crippen LogP contribution in [0.4, 0.5) is 0 Å². The molecular formula is C15H11BrClN3O. The Labute approximate surface area is 135 Å². The molecule has 1 atom stereocenters. The van der Waals surface area contributed by atoms with Crippen molar-refractivity contribution in [1.82, 2.24) is 15.0 Å². The zero-order valence-electron chi connectivity index (χ0n) is 10.8. The van der Waals surface area contributed by atoms with Crippen LogP contribution in [-0.4, -0.2) is 20.1 Å². The zero-order valence-corrected chi connectivity index (χ0v) is 13.2. The molecule has 3 rings (SSSR count). The SMILES string of the molecule is OC(c1ccc(Cl)cc1Br)c1cnnn1-c1ccccc1. The fourth-order valence-corrected chi connectivity index (χ4v) is 2.98. The zero-order chi connectivity index (χ0) is 14.8. The molecule has 0 saturated heterocycles. The topological polar surface area (TPSA) is 50.9 Å². The number of nitrogens with zero attached hydrogens (tertiary/aromatic N) is 3. The molecule has 3 aromatic rings. The summed E-state index contributed by atoms with van der Waals surface area (Å²) in [6.07, 6.45) is 0.700. The first-order valence-electron chi connectivity index (χ1n) is 6.26. The molecule has 21 heavy (non-hydrogen) atoms. The monoisotopic (exact) mass is 363 g/mol. The van der Waals surface area contributed by atoms with Gasteiger partial charge in [-0.05, 0) is 24.3 Å². The largest absolute Gasteiger partial charge is 0.382 e. The summed E-state index contributed by atoms with van der Waals surface area (Å²) < 4.78 is 2.36. The molecule has 0 aliphatic carbocycles. The molecule has 0 radical (unpaired) electrons. The first kappa shape index (κ1) is 14.3. The lowest BCUT2D eigenvalue weighted by Gasteiger charge is -2.14. The van der Waals surface area contributed by atoms with Crippen molar-refractivity contribution >= 4 is 27.5 Å². The van der Waals surface area contributed by atoms with Gasteiger partial charge in [-0.1, -0.05) is 57.0 Å². The van der Waals surface area contributed by atoms with Crippen LogP contribution >= 0.6 is 27.5 Å². The van der Waals surface area contributed by atoms with Gasteiger partial charge in [0.2, 0.25) is 0 Å². The van der Waals surface area contributed by atoms with Gasteiger partial charge >= 0.3 is 0 Å². The highest BCUT2D eigenvalue weighted by Gasteiger charge is 2.19. The summed E-state index contributed by atoms with van der Waals surface area (Å²) in [4.78, 5) is 0. The lowest BCUT2D eigenvalue weighted by Crippen LogP contribution is -2.09. The smallest absolute Gasteiger partial charge is 0.124 e. The van der Waals surface area contributed by atoms with E-state index in [1.54, 1.807) is 29.1 Å². The third kappa shape index (κ3) is 2.85. The van der Waals surface area contributed by atoms with Crippen LogP contribution in [0.3, 0.4) is 0 Å². The number of hydrogen-bond donors (Lipinski definition) is 1. The average molecular weight is 365 g/mol. The normalized spacial score (nSPS) is 12.3. The molecule has 0 fully saturated rings. The van der Waals surface area contributed by atoms with Crippen LogP contribution in [0.1, 0.15) is 17.4 Å². The number of para-hydroxylation sites is 1. The fraction of sp³-hybridized carbons (Fsp3) is 0.0667. The van der Waals surface area contributed by atoms with E-state index in [0.29, 0.717) is 16.3 Å². The summed E-state index contributed by atoms with van der Waals surface area (Å²) >= 11 is 9.35. The van der Waals surface area contributed by atoms with E-state index in [4.69, 9.17) is 11.6 Å². The maximum absolute atomic E-state index is 10.6. The maximum atomic E-state index is 10.6. The lowest BCUT2D eigenvalue weighted by molar-refractivity contribution is 0.211. The molecule has 0 bridgehead atoms. The van der Waals surface area contributed by atoms with Crippen LogP contribution in [0.25, 0.3) is 5.69 Å². The van der Waals surface area contributed by atoms with E-state index in [2.05, 4.69) is 26.2 Å². The minimum atomic E-state index is -0.855. The predicted molar refractivity (Wildman–Crippen MR) is 84.6 cm³/mol. The van der Waals surface area contributed by atoms with Crippen LogP contribution in [0, 0.1) is 0 Å². The molecule has 1 N–H and O–H groups in total. The molecule has 0 saturated carbocycles. The van der Waals surface area contributed by atoms with E-state index in [1.165, 1.54) is 0 Å². The molecule has 1 unspecified atom stereocenters. The minimum absolute atomic E-state index is 0.587. The molecule has 1 aromatic heterocycles. The minimum Gasteiger partial charge on any atom is -0.382 e. The summed E-state index contributed by atoms with van der Waals surface area (Å²) in [6.45, 7) is 0. The quantitative estimate of drug-likeness (QED) is 0.770. The van der Waals surface area contributed by atoms with E-state index < -0.39 is 6.10 Å². The molecule has 6 heteroatoms. The van der Waals surface area contributed by atoms with Gasteiger partial charge in [-0.2, -0.15) is 0 Å². The number of benzene rings is 2. The molecule has 1 heterocycles. The second-order valence-corrected chi connectivity index (χ2v) is 5.77. The third-order valence-corrected chi connectivity index (χ3v) is 4.04. The Morgan fingerprint density at radius 2 is 1.90 bits per heavy atom. The Bertz CT molecular complexity index is 761. The number of hydrogen-bond acceptors (Lipinski definition) is 3. The van der Waals surface area contributed by atoms with Crippen molar-refractivity contribution in [3.8, 4) is 5.69 Å². The number of aromatic nitrogens is 3. The first-order chi connectivity index (χ1) is 10.2. The van der Waals surface area contributed by atoms with E-state index in [0.717, 1.165) is 10.2 Å². The fourth-order valence-electron chi connectivity index (χ4n) is 2.08. The van der Waals surface area contributed by atoms with Crippen LogP contribution in [0.5, 0.6) is 0 Å². The number of aliphatic hydroxyl groups is 1. The van der Waals surface area contributed by atoms with Gasteiger partial charge in [-0.3, -0.25) is 0 Å². The molecule has 4 nitrogen and oxygen atoms in total. The molecule has 2 aromatic carbocycles. The van der Waals surface area contributed by atoms with E-state index in [-0.39, 0.29) is 0 Å². The van der Waals surface area contributed by atoms with Crippen molar-refractivity contribution in [2.24, 2.45) is 0 Å². The molecule has 0 aliphatic rings. The van der Waals surface area contributed by atoms with Crippen molar-refractivity contribution in [3.05, 3.63) is 75.5 Å². The van der Waals surface area contributed by atoms with Gasteiger partial charge in [0.25, 0.3) is 0 Å². The van der Waals surface area contributed by atoms with Crippen molar-refractivity contribution in [3.63, 3.8) is 0 Å². The second-order valence-electron chi connectivity index (χ2n) is 4.47. The van der Waals surface area contributed by atoms with Gasteiger partial charge in [-0.25, -0.2) is 4.68 Å². The predicted octanol–water partition coefficient (Wildman–Crippen LogP) is 3.76. The van der Waals surface area contributed by atoms with E-state index >= 15 is 0 Å². The summed E-state index contributed by atoms with van der Waals surface area (Å²) in [6, 6.07) is 14.8. The van der Waals surface area contributed by atoms with Crippen LogP contribution in [0.2, 0.25) is 5.02 Å². The highest BCUT2D eigenvalue weighted by Crippen LogP contribution is 2.31. The van der Waals surface area contributed by atoms with Crippen LogP contribution in [0.15, 0.2) is 59.2 Å². The lowest BCUT2D eigenvalue weighted by atomic mass is 10.1. The summed E-state index contributed by atoms with van der Waals surface area (Å²) in [5, 5.41) is 19.2. The summed E-state index contributed by atoms with van der Waals surface area (Å²) in [5.74, 6) is 0. The Balaban J connectivity index is 2.03. The molecule has 0 aliphatic heterocycles. The van der Waals surface area contributed by atoms with Crippen molar-refractivity contribution in [2.45, 2.75) is 6.10 Å². The van der Waals surface area contributed by atoms with Crippen molar-refractivity contribution < 1.29 is 5.11 Å². The Kier molecular flexibility index (Phi) is 4.05. The Hall–Kier alpha value is -1.69. The van der Waals surface area contributed by atoms with E-state index in [9.17, 15) is 5.11 Å². The first-order valence-corrected chi connectivity index (χ1v) is 7.43. The Morgan fingerprint density at radius 1 is 1.14 bits per heavy atom. The summed E-state index contributed by atoms with van der Waals surface area (Å²) in [7, 11) is 0. The van der Waals surface area contributed by atoms with Gasteiger partial charge in [0, 0.05) is 15.1 Å². The van der Waals surface area contributed by atoms with Crippen LogP contribution < -0.4 is 0 Å². The Morgan fingerprint density at radius 3 is 2.62 bits per heavy atom. The van der Waals surface area contributed by atoms with Gasteiger partial charge in [0.15, 0.2) is 0 Å². The standard InChI is InChI=1S/C15H11BrClN3O/c16-13-8-10(17)6-7-12(13)15(21)14-9-18-19-20(14)11-4-2-1-3-5-11/h1-9,15,21H. The molecule has 0 spiro atoms. The number of rotatable bonds is 3. The molecule has 0 amide bonds. The van der Waals surface area contributed by atoms with Crippen molar-refractivity contribution in [2.75, 3.05) is 0 Å². The number of halogens is 2. The summed E-state index contributed by atoms with van der Waals surface area (Å²) in [5.41, 5.74) is 2.14. The maximum Gasteiger partial charge on any atom is 0.124 e. The van der Waals surface area contributed by atoms with Crippen LogP contribution in [-0.2, 0) is 0 Å². The van der Waals surface area contributed by atoms with Crippen molar-refractivity contribution in [1.29, 1.82) is 0 Å². The second kappa shape index (κ2) is 5.97. The molecule has 106 valence electrons. The van der Waals surface area contributed by atoms with Gasteiger partial charge in [0.1, 0.15) is 6.10 Å². The third-order valence-electron chi connectivity index (χ3n) is 3.11. The average Bonchev–Trinajstić information content (AvgIpc) is 2.97. The highest BCUT2D eigenvalue weighted by molar-refractivity contribution is 9.10. The number of aliphatic hydroxyl groups excluding tert-OH is 1. The molecular weight excluding hydrogens is 354 g/mol.